The zero-order valence-corrected chi connectivity index (χ0v) is 28.5. The van der Waals surface area contributed by atoms with Gasteiger partial charge < -0.3 is 25.2 Å². The zero-order valence-electron chi connectivity index (χ0n) is 28.5. The van der Waals surface area contributed by atoms with Gasteiger partial charge in [-0.3, -0.25) is 4.79 Å². The molecule has 0 unspecified atom stereocenters. The van der Waals surface area contributed by atoms with E-state index in [0.29, 0.717) is 12.8 Å². The molecule has 5 aliphatic carbocycles. The van der Waals surface area contributed by atoms with Gasteiger partial charge in [-0.05, 0) is 121 Å². The number of aliphatic hydroxyl groups excluding tert-OH is 2. The quantitative estimate of drug-likeness (QED) is 0.154. The number of phenolic OH excluding ortho intramolecular Hbond substituents is 1. The average molecular weight is 635 g/mol. The van der Waals surface area contributed by atoms with Gasteiger partial charge in [0, 0.05) is 11.5 Å². The van der Waals surface area contributed by atoms with Gasteiger partial charge in [0.15, 0.2) is 0 Å². The van der Waals surface area contributed by atoms with Crippen LogP contribution in [0.4, 0.5) is 0 Å². The Morgan fingerprint density at radius 1 is 0.913 bits per heavy atom. The van der Waals surface area contributed by atoms with Gasteiger partial charge in [-0.25, -0.2) is 4.79 Å². The van der Waals surface area contributed by atoms with Crippen molar-refractivity contribution in [2.24, 2.45) is 50.2 Å². The predicted octanol–water partition coefficient (Wildman–Crippen LogP) is 7.15. The Bertz CT molecular complexity index is 1440. The number of carboxylic acids is 1. The smallest absolute Gasteiger partial charge is 0.330 e. The summed E-state index contributed by atoms with van der Waals surface area (Å²) in [4.78, 5) is 25.8. The van der Waals surface area contributed by atoms with E-state index in [0.717, 1.165) is 50.5 Å². The Morgan fingerprint density at radius 2 is 1.59 bits per heavy atom. The van der Waals surface area contributed by atoms with Crippen molar-refractivity contribution in [3.05, 3.63) is 47.6 Å². The van der Waals surface area contributed by atoms with E-state index in [1.807, 2.05) is 6.92 Å². The van der Waals surface area contributed by atoms with Crippen LogP contribution in [0.1, 0.15) is 105 Å². The average Bonchev–Trinajstić information content (AvgIpc) is 2.98. The number of phenols is 1. The summed E-state index contributed by atoms with van der Waals surface area (Å²) < 4.78 is 5.81. The number of allylic oxidation sites excluding steroid dienone is 2. The van der Waals surface area contributed by atoms with Gasteiger partial charge in [-0.15, -0.1) is 0 Å². The minimum atomic E-state index is -1.02. The van der Waals surface area contributed by atoms with Gasteiger partial charge in [0.25, 0.3) is 0 Å². The predicted molar refractivity (Wildman–Crippen MR) is 176 cm³/mol. The maximum atomic E-state index is 12.9. The molecule has 10 atom stereocenters. The molecule has 0 aromatic heterocycles. The molecule has 4 N–H and O–H groups in total. The topological polar surface area (TPSA) is 124 Å². The van der Waals surface area contributed by atoms with Crippen molar-refractivity contribution in [3.63, 3.8) is 0 Å². The number of aliphatic hydroxyl groups is 2. The zero-order chi connectivity index (χ0) is 33.5. The molecule has 0 aliphatic heterocycles. The lowest BCUT2D eigenvalue weighted by atomic mass is 9.33. The van der Waals surface area contributed by atoms with Gasteiger partial charge >= 0.3 is 11.9 Å². The fourth-order valence-electron chi connectivity index (χ4n) is 11.8. The highest BCUT2D eigenvalue weighted by molar-refractivity contribution is 5.87. The number of carboxylic acid groups (broad SMARTS) is 1. The molecule has 0 bridgehead atoms. The van der Waals surface area contributed by atoms with E-state index in [2.05, 4.69) is 40.7 Å². The molecule has 1 aromatic carbocycles. The van der Waals surface area contributed by atoms with Gasteiger partial charge in [0.1, 0.15) is 5.75 Å². The van der Waals surface area contributed by atoms with Crippen molar-refractivity contribution in [2.45, 2.75) is 112 Å². The Labute approximate surface area is 274 Å². The third kappa shape index (κ3) is 4.81. The summed E-state index contributed by atoms with van der Waals surface area (Å²) in [6.45, 7) is 13.7. The first-order chi connectivity index (χ1) is 21.4. The first-order valence-electron chi connectivity index (χ1n) is 17.4. The molecule has 46 heavy (non-hydrogen) atoms. The van der Waals surface area contributed by atoms with E-state index in [9.17, 15) is 30.0 Å². The van der Waals surface area contributed by atoms with Crippen molar-refractivity contribution in [2.75, 3.05) is 6.61 Å². The number of hydrogen-bond donors (Lipinski definition) is 4. The van der Waals surface area contributed by atoms with Crippen LogP contribution < -0.4 is 0 Å². The highest BCUT2D eigenvalue weighted by Crippen LogP contribution is 2.75. The lowest BCUT2D eigenvalue weighted by Gasteiger charge is -2.71. The fourth-order valence-corrected chi connectivity index (χ4v) is 11.8. The van der Waals surface area contributed by atoms with Gasteiger partial charge in [-0.2, -0.15) is 0 Å². The molecular formula is C39H54O7. The van der Waals surface area contributed by atoms with Crippen LogP contribution in [0.2, 0.25) is 0 Å². The Morgan fingerprint density at radius 3 is 2.26 bits per heavy atom. The van der Waals surface area contributed by atoms with Crippen LogP contribution >= 0.6 is 0 Å². The number of aliphatic carboxylic acids is 1. The molecule has 7 heteroatoms. The summed E-state index contributed by atoms with van der Waals surface area (Å²) in [6, 6.07) is 6.53. The van der Waals surface area contributed by atoms with Crippen LogP contribution in [0.3, 0.4) is 0 Å². The monoisotopic (exact) mass is 634 g/mol. The molecule has 0 saturated heterocycles. The van der Waals surface area contributed by atoms with Crippen molar-refractivity contribution in [1.29, 1.82) is 0 Å². The standard InChI is InChI=1S/C39H54O7/c1-34(2)17-19-39(33(44)45)20-18-37(5)26(27(39)21-34)12-13-30-35(3)22-28(41)32(43)36(4,29(35)15-16-38(30,37)6)23-46-31(42)14-9-24-7-10-25(40)11-8-24/h7-12,14,27-30,32,40-41,43H,13,15-23H2,1-6H3,(H,44,45)/t27-,28-,29+,30-,32-,35+,36+,37-,38-,39+/m1/s1. The van der Waals surface area contributed by atoms with E-state index in [1.54, 1.807) is 30.3 Å². The highest BCUT2D eigenvalue weighted by Gasteiger charge is 2.70. The minimum Gasteiger partial charge on any atom is -0.508 e. The number of ether oxygens (including phenoxy) is 1. The summed E-state index contributed by atoms with van der Waals surface area (Å²) in [6.07, 6.45) is 10.7. The number of carbonyl (C=O) groups is 2. The third-order valence-electron chi connectivity index (χ3n) is 14.6. The van der Waals surface area contributed by atoms with Crippen molar-refractivity contribution in [3.8, 4) is 5.75 Å². The molecule has 252 valence electrons. The summed E-state index contributed by atoms with van der Waals surface area (Å²) in [5.41, 5.74) is 0.147. The van der Waals surface area contributed by atoms with E-state index in [-0.39, 0.29) is 51.8 Å². The third-order valence-corrected chi connectivity index (χ3v) is 14.6. The lowest BCUT2D eigenvalue weighted by molar-refractivity contribution is -0.245. The molecule has 0 radical (unpaired) electrons. The molecule has 6 rings (SSSR count). The fraction of sp³-hybridized carbons (Fsp3) is 0.692. The van der Waals surface area contributed by atoms with Crippen molar-refractivity contribution in [1.82, 2.24) is 0 Å². The summed E-state index contributed by atoms with van der Waals surface area (Å²) in [7, 11) is 0. The molecule has 0 spiro atoms. The van der Waals surface area contributed by atoms with Gasteiger partial charge in [-0.1, -0.05) is 65.3 Å². The summed E-state index contributed by atoms with van der Waals surface area (Å²) in [5.74, 6) is -0.702. The molecule has 5 aliphatic rings. The van der Waals surface area contributed by atoms with Crippen LogP contribution in [0.15, 0.2) is 42.0 Å². The highest BCUT2D eigenvalue weighted by atomic mass is 16.5. The van der Waals surface area contributed by atoms with Gasteiger partial charge in [0.2, 0.25) is 0 Å². The van der Waals surface area contributed by atoms with Crippen LogP contribution in [-0.4, -0.2) is 51.2 Å². The van der Waals surface area contributed by atoms with Gasteiger partial charge in [0.05, 0.1) is 24.2 Å². The Kier molecular flexibility index (Phi) is 7.92. The molecule has 7 nitrogen and oxygen atoms in total. The molecule has 0 heterocycles. The number of hydrogen-bond acceptors (Lipinski definition) is 6. The number of rotatable bonds is 5. The first kappa shape index (κ1) is 33.3. The lowest BCUT2D eigenvalue weighted by Crippen LogP contribution is -2.68. The Balaban J connectivity index is 1.30. The molecule has 4 saturated carbocycles. The molecule has 1 aromatic rings. The largest absolute Gasteiger partial charge is 0.508 e. The summed E-state index contributed by atoms with van der Waals surface area (Å²) in [5, 5.41) is 43.1. The molecule has 0 amide bonds. The second kappa shape index (κ2) is 10.9. The van der Waals surface area contributed by atoms with E-state index in [1.165, 1.54) is 11.6 Å². The van der Waals surface area contributed by atoms with Crippen LogP contribution in [-0.2, 0) is 14.3 Å². The van der Waals surface area contributed by atoms with Crippen LogP contribution in [0, 0.1) is 50.2 Å². The van der Waals surface area contributed by atoms with E-state index in [4.69, 9.17) is 4.74 Å². The number of carbonyl (C=O) groups excluding carboxylic acids is 1. The van der Waals surface area contributed by atoms with E-state index >= 15 is 0 Å². The maximum Gasteiger partial charge on any atom is 0.330 e. The maximum absolute atomic E-state index is 12.9. The molecule has 4 fully saturated rings. The first-order valence-corrected chi connectivity index (χ1v) is 17.4. The van der Waals surface area contributed by atoms with Crippen LogP contribution in [0.5, 0.6) is 5.75 Å². The van der Waals surface area contributed by atoms with Crippen LogP contribution in [0.25, 0.3) is 6.08 Å². The normalized spacial score (nSPS) is 44.6. The van der Waals surface area contributed by atoms with Crippen molar-refractivity contribution >= 4 is 18.0 Å². The number of esters is 1. The second-order valence-corrected chi connectivity index (χ2v) is 17.4. The number of fused-ring (bicyclic) bond motifs is 7. The molecular weight excluding hydrogens is 580 g/mol. The SMILES string of the molecule is CC1(C)CC[C@]2(C(=O)O)CC[C@]3(C)C(=CC[C@@H]4[C@@]5(C)C[C@@H](O)[C@@H](O)[C@@](C)(COC(=O)C=Cc6ccc(O)cc6)[C@H]5CC[C@]43C)[C@H]2C1. The Hall–Kier alpha value is -2.64. The number of aromatic hydroxyl groups is 1. The van der Waals surface area contributed by atoms with E-state index < -0.39 is 35.0 Å². The van der Waals surface area contributed by atoms with Crippen molar-refractivity contribution < 1.29 is 34.8 Å². The minimum absolute atomic E-state index is 0.00428. The second-order valence-electron chi connectivity index (χ2n) is 17.4. The number of benzene rings is 1. The summed E-state index contributed by atoms with van der Waals surface area (Å²) >= 11 is 0.